The third-order valence-electron chi connectivity index (χ3n) is 3.62. The van der Waals surface area contributed by atoms with Crippen molar-refractivity contribution in [2.75, 3.05) is 12.5 Å². The van der Waals surface area contributed by atoms with Gasteiger partial charge in [-0.2, -0.15) is 5.10 Å². The minimum atomic E-state index is -1.13. The Labute approximate surface area is 138 Å². The Hall–Kier alpha value is -3.35. The Balaban J connectivity index is 1.93. The maximum Gasteiger partial charge on any atom is 0.356 e. The largest absolute Gasteiger partial charge is 0.497 e. The SMILES string of the molecule is COc1ccc(/C(=N/Nc2nc3ccccc3n2C)C(=O)O)cc1. The van der Waals surface area contributed by atoms with Crippen LogP contribution >= 0.6 is 0 Å². The number of ether oxygens (including phenoxy) is 1. The maximum absolute atomic E-state index is 11.5. The van der Waals surface area contributed by atoms with Crippen molar-refractivity contribution in [1.29, 1.82) is 0 Å². The van der Waals surface area contributed by atoms with Crippen molar-refractivity contribution >= 4 is 28.7 Å². The van der Waals surface area contributed by atoms with E-state index in [0.29, 0.717) is 17.3 Å². The number of nitrogens with zero attached hydrogens (tertiary/aromatic N) is 3. The average molecular weight is 324 g/mol. The summed E-state index contributed by atoms with van der Waals surface area (Å²) in [7, 11) is 3.38. The lowest BCUT2D eigenvalue weighted by Crippen LogP contribution is -2.17. The first-order valence-electron chi connectivity index (χ1n) is 7.23. The summed E-state index contributed by atoms with van der Waals surface area (Å²) >= 11 is 0. The minimum absolute atomic E-state index is 0.107. The molecule has 0 saturated heterocycles. The van der Waals surface area contributed by atoms with Crippen LogP contribution in [0.25, 0.3) is 11.0 Å². The summed E-state index contributed by atoms with van der Waals surface area (Å²) in [4.78, 5) is 15.9. The molecule has 0 aliphatic rings. The van der Waals surface area contributed by atoms with Gasteiger partial charge in [0.05, 0.1) is 18.1 Å². The van der Waals surface area contributed by atoms with Crippen LogP contribution in [-0.2, 0) is 11.8 Å². The molecule has 0 fully saturated rings. The number of aliphatic carboxylic acids is 1. The summed E-state index contributed by atoms with van der Waals surface area (Å²) in [6.07, 6.45) is 0. The zero-order valence-corrected chi connectivity index (χ0v) is 13.2. The fourth-order valence-corrected chi connectivity index (χ4v) is 2.34. The summed E-state index contributed by atoms with van der Waals surface area (Å²) in [6, 6.07) is 14.3. The van der Waals surface area contributed by atoms with Crippen LogP contribution in [0.15, 0.2) is 53.6 Å². The molecule has 7 heteroatoms. The normalized spacial score (nSPS) is 11.5. The first-order chi connectivity index (χ1) is 11.6. The molecule has 122 valence electrons. The van der Waals surface area contributed by atoms with E-state index in [1.54, 1.807) is 31.4 Å². The van der Waals surface area contributed by atoms with Crippen LogP contribution in [0.3, 0.4) is 0 Å². The molecule has 0 saturated carbocycles. The maximum atomic E-state index is 11.5. The van der Waals surface area contributed by atoms with Crippen LogP contribution in [-0.4, -0.2) is 33.4 Å². The topological polar surface area (TPSA) is 88.7 Å². The number of benzene rings is 2. The van der Waals surface area contributed by atoms with Crippen LogP contribution < -0.4 is 10.2 Å². The third-order valence-corrected chi connectivity index (χ3v) is 3.62. The molecule has 0 bridgehead atoms. The number of imidazole rings is 1. The number of hydrazone groups is 1. The molecule has 3 rings (SSSR count). The lowest BCUT2D eigenvalue weighted by atomic mass is 10.1. The van der Waals surface area contributed by atoms with E-state index in [2.05, 4.69) is 15.5 Å². The molecular weight excluding hydrogens is 308 g/mol. The van der Waals surface area contributed by atoms with E-state index in [0.717, 1.165) is 11.0 Å². The summed E-state index contributed by atoms with van der Waals surface area (Å²) in [5.74, 6) is -0.0262. The highest BCUT2D eigenvalue weighted by Gasteiger charge is 2.14. The fraction of sp³-hybridized carbons (Fsp3) is 0.118. The van der Waals surface area contributed by atoms with Gasteiger partial charge in [0.15, 0.2) is 5.71 Å². The first kappa shape index (κ1) is 15.5. The highest BCUT2D eigenvalue weighted by atomic mass is 16.5. The molecule has 7 nitrogen and oxygen atoms in total. The highest BCUT2D eigenvalue weighted by molar-refractivity contribution is 6.42. The molecule has 1 heterocycles. The van der Waals surface area contributed by atoms with Gasteiger partial charge in [-0.1, -0.05) is 12.1 Å². The average Bonchev–Trinajstić information content (AvgIpc) is 2.92. The van der Waals surface area contributed by atoms with E-state index in [1.165, 1.54) is 0 Å². The number of rotatable bonds is 5. The van der Waals surface area contributed by atoms with E-state index in [4.69, 9.17) is 4.74 Å². The Kier molecular flexibility index (Phi) is 4.15. The van der Waals surface area contributed by atoms with Crippen molar-refractivity contribution in [1.82, 2.24) is 9.55 Å². The molecule has 0 aliphatic carbocycles. The lowest BCUT2D eigenvalue weighted by molar-refractivity contribution is -0.129. The number of carbonyl (C=O) groups is 1. The molecule has 3 aromatic rings. The lowest BCUT2D eigenvalue weighted by Gasteiger charge is -2.05. The Morgan fingerprint density at radius 3 is 2.54 bits per heavy atom. The van der Waals surface area contributed by atoms with E-state index in [-0.39, 0.29) is 5.71 Å². The van der Waals surface area contributed by atoms with Gasteiger partial charge in [-0.15, -0.1) is 0 Å². The second-order valence-corrected chi connectivity index (χ2v) is 5.09. The van der Waals surface area contributed by atoms with E-state index >= 15 is 0 Å². The number of hydrogen-bond donors (Lipinski definition) is 2. The smallest absolute Gasteiger partial charge is 0.356 e. The van der Waals surface area contributed by atoms with Gasteiger partial charge in [-0.25, -0.2) is 15.2 Å². The van der Waals surface area contributed by atoms with E-state index in [1.807, 2.05) is 35.9 Å². The van der Waals surface area contributed by atoms with Crippen molar-refractivity contribution in [3.8, 4) is 5.75 Å². The van der Waals surface area contributed by atoms with Crippen LogP contribution in [0.5, 0.6) is 5.75 Å². The fourth-order valence-electron chi connectivity index (χ4n) is 2.34. The summed E-state index contributed by atoms with van der Waals surface area (Å²) in [6.45, 7) is 0. The standard InChI is InChI=1S/C17H16N4O3/c1-21-14-6-4-3-5-13(14)18-17(21)20-19-15(16(22)23)11-7-9-12(24-2)10-8-11/h3-10H,1-2H3,(H,18,20)(H,22,23)/b19-15-. The Bertz CT molecular complexity index is 913. The first-order valence-corrected chi connectivity index (χ1v) is 7.23. The van der Waals surface area contributed by atoms with Crippen molar-refractivity contribution < 1.29 is 14.6 Å². The molecule has 1 aromatic heterocycles. The van der Waals surface area contributed by atoms with Crippen molar-refractivity contribution in [3.63, 3.8) is 0 Å². The predicted octanol–water partition coefficient (Wildman–Crippen LogP) is 2.48. The molecular formula is C17H16N4O3. The van der Waals surface area contributed by atoms with Crippen molar-refractivity contribution in [2.45, 2.75) is 0 Å². The Morgan fingerprint density at radius 1 is 1.21 bits per heavy atom. The van der Waals surface area contributed by atoms with E-state index in [9.17, 15) is 9.90 Å². The van der Waals surface area contributed by atoms with Gasteiger partial charge in [-0.3, -0.25) is 0 Å². The second-order valence-electron chi connectivity index (χ2n) is 5.09. The quantitative estimate of drug-likeness (QED) is 0.556. The summed E-state index contributed by atoms with van der Waals surface area (Å²) in [5.41, 5.74) is 4.83. The molecule has 0 aliphatic heterocycles. The third kappa shape index (κ3) is 2.91. The number of nitrogens with one attached hydrogen (secondary N) is 1. The zero-order chi connectivity index (χ0) is 17.1. The summed E-state index contributed by atoms with van der Waals surface area (Å²) < 4.78 is 6.88. The van der Waals surface area contributed by atoms with Crippen LogP contribution in [0.2, 0.25) is 0 Å². The van der Waals surface area contributed by atoms with Gasteiger partial charge >= 0.3 is 5.97 Å². The number of carboxylic acid groups (broad SMARTS) is 1. The Morgan fingerprint density at radius 2 is 1.92 bits per heavy atom. The van der Waals surface area contributed by atoms with Crippen molar-refractivity contribution in [3.05, 3.63) is 54.1 Å². The van der Waals surface area contributed by atoms with Gasteiger partial charge in [0.2, 0.25) is 5.95 Å². The molecule has 0 radical (unpaired) electrons. The highest BCUT2D eigenvalue weighted by Crippen LogP contribution is 2.18. The molecule has 24 heavy (non-hydrogen) atoms. The number of aryl methyl sites for hydroxylation is 1. The molecule has 0 unspecified atom stereocenters. The van der Waals surface area contributed by atoms with Gasteiger partial charge in [0, 0.05) is 12.6 Å². The number of carboxylic acids is 1. The number of anilines is 1. The monoisotopic (exact) mass is 324 g/mol. The minimum Gasteiger partial charge on any atom is -0.497 e. The second kappa shape index (κ2) is 6.41. The van der Waals surface area contributed by atoms with Gasteiger partial charge in [0.25, 0.3) is 0 Å². The van der Waals surface area contributed by atoms with Gasteiger partial charge in [0.1, 0.15) is 5.75 Å². The van der Waals surface area contributed by atoms with Crippen LogP contribution in [0, 0.1) is 0 Å². The number of para-hydroxylation sites is 2. The summed E-state index contributed by atoms with van der Waals surface area (Å²) in [5, 5.41) is 13.4. The molecule has 0 spiro atoms. The predicted molar refractivity (Wildman–Crippen MR) is 91.5 cm³/mol. The van der Waals surface area contributed by atoms with Crippen LogP contribution in [0.4, 0.5) is 5.95 Å². The van der Waals surface area contributed by atoms with Crippen LogP contribution in [0.1, 0.15) is 5.56 Å². The number of fused-ring (bicyclic) bond motifs is 1. The number of methoxy groups -OCH3 is 1. The molecule has 2 N–H and O–H groups in total. The van der Waals surface area contributed by atoms with Gasteiger partial charge < -0.3 is 14.4 Å². The molecule has 0 atom stereocenters. The van der Waals surface area contributed by atoms with Gasteiger partial charge in [-0.05, 0) is 36.4 Å². The van der Waals surface area contributed by atoms with E-state index < -0.39 is 5.97 Å². The zero-order valence-electron chi connectivity index (χ0n) is 13.2. The molecule has 0 amide bonds. The van der Waals surface area contributed by atoms with Crippen molar-refractivity contribution in [2.24, 2.45) is 12.1 Å². The number of aromatic nitrogens is 2. The number of hydrogen-bond acceptors (Lipinski definition) is 5. The molecule has 2 aromatic carbocycles.